The number of methoxy groups -OCH3 is 1. The van der Waals surface area contributed by atoms with Gasteiger partial charge in [0.25, 0.3) is 0 Å². The van der Waals surface area contributed by atoms with Gasteiger partial charge in [-0.05, 0) is 56.9 Å². The van der Waals surface area contributed by atoms with E-state index in [1.54, 1.807) is 0 Å². The van der Waals surface area contributed by atoms with Crippen molar-refractivity contribution in [3.63, 3.8) is 0 Å². The third-order valence-electron chi connectivity index (χ3n) is 5.53. The van der Waals surface area contributed by atoms with Crippen molar-refractivity contribution in [3.05, 3.63) is 0 Å². The molecule has 0 aromatic heterocycles. The Labute approximate surface area is 128 Å². The summed E-state index contributed by atoms with van der Waals surface area (Å²) in [6.45, 7) is 3.60. The van der Waals surface area contributed by atoms with Crippen molar-refractivity contribution in [1.29, 1.82) is 0 Å². The summed E-state index contributed by atoms with van der Waals surface area (Å²) in [5, 5.41) is 3.81. The predicted molar refractivity (Wildman–Crippen MR) is 83.1 cm³/mol. The van der Waals surface area contributed by atoms with Gasteiger partial charge in [0, 0.05) is 31.6 Å². The van der Waals surface area contributed by atoms with Crippen molar-refractivity contribution in [2.75, 3.05) is 26.7 Å². The molecule has 0 spiro atoms. The Morgan fingerprint density at radius 3 is 2.62 bits per heavy atom. The highest BCUT2D eigenvalue weighted by atomic mass is 16.5. The molecule has 2 unspecified atom stereocenters. The van der Waals surface area contributed by atoms with Crippen molar-refractivity contribution in [2.45, 2.75) is 63.5 Å². The molecule has 1 N–H and O–H groups in total. The van der Waals surface area contributed by atoms with E-state index in [1.807, 2.05) is 0 Å². The minimum absolute atomic E-state index is 0.0578. The van der Waals surface area contributed by atoms with Gasteiger partial charge in [0.2, 0.25) is 0 Å². The zero-order valence-corrected chi connectivity index (χ0v) is 13.4. The Morgan fingerprint density at radius 1 is 1.19 bits per heavy atom. The molecule has 4 heteroatoms. The predicted octanol–water partition coefficient (Wildman–Crippen LogP) is 2.18. The fourth-order valence-electron chi connectivity index (χ4n) is 3.79. The van der Waals surface area contributed by atoms with Gasteiger partial charge < -0.3 is 10.1 Å². The molecule has 21 heavy (non-hydrogen) atoms. The Bertz CT molecular complexity index is 353. The molecule has 3 rings (SSSR count). The zero-order chi connectivity index (χ0) is 14.7. The van der Waals surface area contributed by atoms with Crippen LogP contribution < -0.4 is 5.32 Å². The van der Waals surface area contributed by atoms with Gasteiger partial charge in [-0.2, -0.15) is 0 Å². The highest BCUT2D eigenvalue weighted by Gasteiger charge is 2.36. The lowest BCUT2D eigenvalue weighted by Crippen LogP contribution is -2.51. The molecule has 3 fully saturated rings. The summed E-state index contributed by atoms with van der Waals surface area (Å²) in [5.41, 5.74) is 0. The number of esters is 1. The normalized spacial score (nSPS) is 30.9. The van der Waals surface area contributed by atoms with Crippen molar-refractivity contribution in [2.24, 2.45) is 11.8 Å². The Morgan fingerprint density at radius 2 is 2.00 bits per heavy atom. The van der Waals surface area contributed by atoms with Crippen LogP contribution in [0.2, 0.25) is 0 Å². The van der Waals surface area contributed by atoms with Crippen LogP contribution in [0.5, 0.6) is 0 Å². The molecule has 2 atom stereocenters. The van der Waals surface area contributed by atoms with Crippen molar-refractivity contribution in [1.82, 2.24) is 10.2 Å². The molecule has 4 nitrogen and oxygen atoms in total. The van der Waals surface area contributed by atoms with Gasteiger partial charge in [-0.15, -0.1) is 0 Å². The molecule has 0 amide bonds. The Hall–Kier alpha value is -0.610. The van der Waals surface area contributed by atoms with Gasteiger partial charge >= 0.3 is 5.97 Å². The van der Waals surface area contributed by atoms with E-state index in [-0.39, 0.29) is 5.97 Å². The number of nitrogens with one attached hydrogen (secondary N) is 1. The van der Waals surface area contributed by atoms with E-state index in [4.69, 9.17) is 4.74 Å². The number of ether oxygens (including phenoxy) is 1. The highest BCUT2D eigenvalue weighted by molar-refractivity contribution is 5.69. The molecular weight excluding hydrogens is 264 g/mol. The molecule has 0 bridgehead atoms. The Balaban J connectivity index is 1.46. The van der Waals surface area contributed by atoms with Crippen LogP contribution in [0, 0.1) is 11.8 Å². The Kier molecular flexibility index (Phi) is 5.17. The van der Waals surface area contributed by atoms with Crippen LogP contribution in [0.15, 0.2) is 0 Å². The molecule has 0 aromatic carbocycles. The van der Waals surface area contributed by atoms with Gasteiger partial charge in [0.1, 0.15) is 0 Å². The molecule has 1 heterocycles. The lowest BCUT2D eigenvalue weighted by molar-refractivity contribution is -0.141. The van der Waals surface area contributed by atoms with E-state index in [9.17, 15) is 4.79 Å². The number of likely N-dealkylation sites (tertiary alicyclic amines) is 1. The van der Waals surface area contributed by atoms with Crippen LogP contribution in [0.25, 0.3) is 0 Å². The summed E-state index contributed by atoms with van der Waals surface area (Å²) < 4.78 is 4.79. The van der Waals surface area contributed by atoms with Crippen LogP contribution in [-0.4, -0.2) is 49.7 Å². The molecule has 2 aliphatic carbocycles. The SMILES string of the molecule is COC(=O)CCC1CC(NCC2CCC2)CN(C2CC2)C1. The van der Waals surface area contributed by atoms with Crippen molar-refractivity contribution >= 4 is 5.97 Å². The molecular formula is C17H30N2O2. The van der Waals surface area contributed by atoms with Gasteiger partial charge in [-0.3, -0.25) is 9.69 Å². The van der Waals surface area contributed by atoms with Crippen molar-refractivity contribution in [3.8, 4) is 0 Å². The summed E-state index contributed by atoms with van der Waals surface area (Å²) in [6.07, 6.45) is 9.79. The number of rotatable bonds is 7. The van der Waals surface area contributed by atoms with E-state index >= 15 is 0 Å². The summed E-state index contributed by atoms with van der Waals surface area (Å²) in [7, 11) is 1.49. The number of carbonyl (C=O) groups is 1. The first-order chi connectivity index (χ1) is 10.2. The van der Waals surface area contributed by atoms with E-state index in [0.29, 0.717) is 18.4 Å². The van der Waals surface area contributed by atoms with Crippen LogP contribution in [0.3, 0.4) is 0 Å². The van der Waals surface area contributed by atoms with Gasteiger partial charge in [0.05, 0.1) is 7.11 Å². The average molecular weight is 294 g/mol. The second kappa shape index (κ2) is 7.10. The van der Waals surface area contributed by atoms with E-state index in [0.717, 1.165) is 18.4 Å². The topological polar surface area (TPSA) is 41.6 Å². The summed E-state index contributed by atoms with van der Waals surface area (Å²) in [5.74, 6) is 1.52. The summed E-state index contributed by atoms with van der Waals surface area (Å²) >= 11 is 0. The lowest BCUT2D eigenvalue weighted by Gasteiger charge is -2.39. The quantitative estimate of drug-likeness (QED) is 0.731. The van der Waals surface area contributed by atoms with Crippen LogP contribution in [-0.2, 0) is 9.53 Å². The first kappa shape index (κ1) is 15.3. The van der Waals surface area contributed by atoms with Gasteiger partial charge in [-0.25, -0.2) is 0 Å². The summed E-state index contributed by atoms with van der Waals surface area (Å²) in [4.78, 5) is 14.0. The van der Waals surface area contributed by atoms with Crippen LogP contribution >= 0.6 is 0 Å². The monoisotopic (exact) mass is 294 g/mol. The average Bonchev–Trinajstić information content (AvgIpc) is 3.27. The maximum atomic E-state index is 11.4. The third kappa shape index (κ3) is 4.43. The standard InChI is InChI=1S/C17H30N2O2/c1-21-17(20)8-5-14-9-15(18-10-13-3-2-4-13)12-19(11-14)16-6-7-16/h13-16,18H,2-12H2,1H3. The number of hydrogen-bond acceptors (Lipinski definition) is 4. The molecule has 0 radical (unpaired) electrons. The van der Waals surface area contributed by atoms with E-state index in [2.05, 4.69) is 10.2 Å². The number of hydrogen-bond donors (Lipinski definition) is 1. The number of carbonyl (C=O) groups excluding carboxylic acids is 1. The smallest absolute Gasteiger partial charge is 0.305 e. The molecule has 120 valence electrons. The fraction of sp³-hybridized carbons (Fsp3) is 0.941. The fourth-order valence-corrected chi connectivity index (χ4v) is 3.79. The first-order valence-electron chi connectivity index (χ1n) is 8.79. The lowest BCUT2D eigenvalue weighted by atomic mass is 9.84. The molecule has 1 saturated heterocycles. The molecule has 0 aromatic rings. The second-order valence-corrected chi connectivity index (χ2v) is 7.30. The largest absolute Gasteiger partial charge is 0.469 e. The van der Waals surface area contributed by atoms with E-state index < -0.39 is 0 Å². The third-order valence-corrected chi connectivity index (χ3v) is 5.53. The number of piperidine rings is 1. The van der Waals surface area contributed by atoms with Gasteiger partial charge in [-0.1, -0.05) is 6.42 Å². The van der Waals surface area contributed by atoms with Gasteiger partial charge in [0.15, 0.2) is 0 Å². The minimum Gasteiger partial charge on any atom is -0.469 e. The molecule has 3 aliphatic rings. The minimum atomic E-state index is -0.0578. The highest BCUT2D eigenvalue weighted by Crippen LogP contribution is 2.33. The maximum absolute atomic E-state index is 11.4. The van der Waals surface area contributed by atoms with E-state index in [1.165, 1.54) is 65.3 Å². The first-order valence-corrected chi connectivity index (χ1v) is 8.79. The zero-order valence-electron chi connectivity index (χ0n) is 13.4. The van der Waals surface area contributed by atoms with Crippen LogP contribution in [0.1, 0.15) is 51.4 Å². The van der Waals surface area contributed by atoms with Crippen LogP contribution in [0.4, 0.5) is 0 Å². The number of nitrogens with zero attached hydrogens (tertiary/aromatic N) is 1. The summed E-state index contributed by atoms with van der Waals surface area (Å²) in [6, 6.07) is 1.46. The molecule has 2 saturated carbocycles. The maximum Gasteiger partial charge on any atom is 0.305 e. The molecule has 1 aliphatic heterocycles. The van der Waals surface area contributed by atoms with Crippen molar-refractivity contribution < 1.29 is 9.53 Å². The second-order valence-electron chi connectivity index (χ2n) is 7.30.